The van der Waals surface area contributed by atoms with E-state index in [1.807, 2.05) is 12.2 Å². The Morgan fingerprint density at radius 1 is 1.00 bits per heavy atom. The van der Waals surface area contributed by atoms with Crippen molar-refractivity contribution in [2.24, 2.45) is 16.5 Å². The van der Waals surface area contributed by atoms with Crippen molar-refractivity contribution in [2.45, 2.75) is 0 Å². The fourth-order valence-electron chi connectivity index (χ4n) is 2.26. The summed E-state index contributed by atoms with van der Waals surface area (Å²) in [5, 5.41) is 4.55. The molecule has 0 spiro atoms. The maximum atomic E-state index is 12.4. The number of halogens is 3. The molecule has 7 nitrogen and oxygen atoms in total. The molecule has 10 heteroatoms. The van der Waals surface area contributed by atoms with Gasteiger partial charge in [-0.15, -0.1) is 0 Å². The summed E-state index contributed by atoms with van der Waals surface area (Å²) in [5.74, 6) is -1.80. The van der Waals surface area contributed by atoms with Crippen LogP contribution in [0.15, 0.2) is 72.0 Å². The summed E-state index contributed by atoms with van der Waals surface area (Å²) in [6.07, 6.45) is 9.19. The lowest BCUT2D eigenvalue weighted by molar-refractivity contribution is 0.0991. The summed E-state index contributed by atoms with van der Waals surface area (Å²) in [5.41, 5.74) is 11.1. The van der Waals surface area contributed by atoms with E-state index in [2.05, 4.69) is 10.1 Å². The van der Waals surface area contributed by atoms with E-state index >= 15 is 0 Å². The first kappa shape index (κ1) is 23.8. The standard InChI is InChI=1S/C10H8ClN3O.C7H5ClFNO.C4H5N/c11-9-3-2-7(6-8(9)10(12)15)14-5-1-4-13-14;8-6-2-1-4(9)3-5(6)7(10)11;1-2-4-5-3-1/h1-6H,(H2,12,15);1-3H,(H2,10,11);1-3H,4H2. The summed E-state index contributed by atoms with van der Waals surface area (Å²) >= 11 is 11.3. The second-order valence-corrected chi connectivity index (χ2v) is 6.72. The van der Waals surface area contributed by atoms with Crippen LogP contribution in [0.25, 0.3) is 5.69 Å². The predicted octanol–water partition coefficient (Wildman–Crippen LogP) is 3.83. The monoisotopic (exact) mass is 461 g/mol. The first-order valence-corrected chi connectivity index (χ1v) is 9.54. The molecule has 2 amide bonds. The van der Waals surface area contributed by atoms with Gasteiger partial charge in [0.15, 0.2) is 0 Å². The highest BCUT2D eigenvalue weighted by Gasteiger charge is 2.08. The minimum atomic E-state index is -0.727. The van der Waals surface area contributed by atoms with Gasteiger partial charge in [0.2, 0.25) is 11.8 Å². The van der Waals surface area contributed by atoms with Crippen LogP contribution in [0.4, 0.5) is 4.39 Å². The molecule has 0 fully saturated rings. The third-order valence-corrected chi connectivity index (χ3v) is 4.38. The Labute approximate surface area is 187 Å². The number of nitrogens with two attached hydrogens (primary N) is 2. The van der Waals surface area contributed by atoms with Gasteiger partial charge in [-0.3, -0.25) is 14.6 Å². The van der Waals surface area contributed by atoms with Gasteiger partial charge in [0.25, 0.3) is 0 Å². The number of hydrogen-bond donors (Lipinski definition) is 2. The molecular formula is C21H18Cl2FN5O2. The van der Waals surface area contributed by atoms with Crippen LogP contribution in [0.5, 0.6) is 0 Å². The van der Waals surface area contributed by atoms with E-state index in [-0.39, 0.29) is 10.6 Å². The minimum absolute atomic E-state index is 0.00617. The smallest absolute Gasteiger partial charge is 0.250 e. The van der Waals surface area contributed by atoms with Crippen LogP contribution in [0.1, 0.15) is 20.7 Å². The van der Waals surface area contributed by atoms with Crippen molar-refractivity contribution in [3.63, 3.8) is 0 Å². The second-order valence-electron chi connectivity index (χ2n) is 5.91. The molecule has 3 aromatic rings. The fourth-order valence-corrected chi connectivity index (χ4v) is 2.68. The molecule has 2 heterocycles. The topological polar surface area (TPSA) is 116 Å². The summed E-state index contributed by atoms with van der Waals surface area (Å²) < 4.78 is 14.1. The highest BCUT2D eigenvalue weighted by atomic mass is 35.5. The largest absolute Gasteiger partial charge is 0.366 e. The molecule has 0 atom stereocenters. The first-order chi connectivity index (χ1) is 14.8. The molecule has 0 saturated carbocycles. The quantitative estimate of drug-likeness (QED) is 0.616. The number of carbonyl (C=O) groups excluding carboxylic acids is 2. The highest BCUT2D eigenvalue weighted by molar-refractivity contribution is 6.34. The van der Waals surface area contributed by atoms with Crippen LogP contribution in [-0.2, 0) is 0 Å². The number of rotatable bonds is 3. The molecule has 0 radical (unpaired) electrons. The zero-order chi connectivity index (χ0) is 22.8. The van der Waals surface area contributed by atoms with Crippen LogP contribution in [0.2, 0.25) is 10.0 Å². The number of nitrogens with zero attached hydrogens (tertiary/aromatic N) is 3. The van der Waals surface area contributed by atoms with Gasteiger partial charge in [-0.25, -0.2) is 9.07 Å². The second kappa shape index (κ2) is 11.6. The van der Waals surface area contributed by atoms with Gasteiger partial charge in [-0.2, -0.15) is 5.10 Å². The average molecular weight is 462 g/mol. The number of primary amides is 2. The molecule has 0 aliphatic carbocycles. The third kappa shape index (κ3) is 7.36. The molecule has 0 saturated heterocycles. The number of allylic oxidation sites excluding steroid dienone is 1. The number of benzene rings is 2. The fraction of sp³-hybridized carbons (Fsp3) is 0.0476. The van der Waals surface area contributed by atoms with Crippen LogP contribution in [0, 0.1) is 5.82 Å². The van der Waals surface area contributed by atoms with Crippen LogP contribution >= 0.6 is 23.2 Å². The first-order valence-electron chi connectivity index (χ1n) is 8.78. The van der Waals surface area contributed by atoms with Crippen molar-refractivity contribution >= 4 is 41.2 Å². The van der Waals surface area contributed by atoms with Crippen molar-refractivity contribution in [3.8, 4) is 5.69 Å². The van der Waals surface area contributed by atoms with Gasteiger partial charge in [0.05, 0.1) is 33.4 Å². The SMILES string of the molecule is C1=CCN=C1.NC(=O)c1cc(-n2cccn2)ccc1Cl.NC(=O)c1cc(F)ccc1Cl. The van der Waals surface area contributed by atoms with E-state index < -0.39 is 17.6 Å². The lowest BCUT2D eigenvalue weighted by Gasteiger charge is -2.04. The van der Waals surface area contributed by atoms with Gasteiger partial charge in [0, 0.05) is 18.6 Å². The molecule has 0 unspecified atom stereocenters. The number of aliphatic imine (C=N–C) groups is 1. The number of hydrogen-bond acceptors (Lipinski definition) is 4. The Bertz CT molecular complexity index is 1100. The van der Waals surface area contributed by atoms with Crippen LogP contribution < -0.4 is 11.5 Å². The van der Waals surface area contributed by atoms with Gasteiger partial charge < -0.3 is 11.5 Å². The Hall–Kier alpha value is -3.49. The van der Waals surface area contributed by atoms with E-state index in [1.165, 1.54) is 6.07 Å². The Kier molecular flexibility index (Phi) is 8.93. The highest BCUT2D eigenvalue weighted by Crippen LogP contribution is 2.19. The Morgan fingerprint density at radius 3 is 2.10 bits per heavy atom. The molecule has 31 heavy (non-hydrogen) atoms. The van der Waals surface area contributed by atoms with Crippen molar-refractivity contribution in [3.05, 3.63) is 94.0 Å². The third-order valence-electron chi connectivity index (χ3n) is 3.72. The van der Waals surface area contributed by atoms with E-state index in [0.29, 0.717) is 10.6 Å². The summed E-state index contributed by atoms with van der Waals surface area (Å²) in [7, 11) is 0. The van der Waals surface area contributed by atoms with E-state index in [4.69, 9.17) is 34.7 Å². The van der Waals surface area contributed by atoms with Crippen molar-refractivity contribution in [2.75, 3.05) is 6.54 Å². The van der Waals surface area contributed by atoms with Gasteiger partial charge in [0.1, 0.15) is 5.82 Å². The van der Waals surface area contributed by atoms with Crippen molar-refractivity contribution in [1.82, 2.24) is 9.78 Å². The summed E-state index contributed by atoms with van der Waals surface area (Å²) in [6, 6.07) is 10.2. The molecule has 0 bridgehead atoms. The number of aromatic nitrogens is 2. The zero-order valence-corrected chi connectivity index (χ0v) is 17.6. The summed E-state index contributed by atoms with van der Waals surface area (Å²) in [6.45, 7) is 0.889. The number of carbonyl (C=O) groups is 2. The van der Waals surface area contributed by atoms with Crippen LogP contribution in [0.3, 0.4) is 0 Å². The van der Waals surface area contributed by atoms with Gasteiger partial charge in [-0.1, -0.05) is 29.3 Å². The molecule has 4 N–H and O–H groups in total. The van der Waals surface area contributed by atoms with Gasteiger partial charge in [-0.05, 0) is 48.5 Å². The zero-order valence-electron chi connectivity index (χ0n) is 16.1. The molecule has 4 rings (SSSR count). The molecule has 160 valence electrons. The predicted molar refractivity (Wildman–Crippen MR) is 120 cm³/mol. The Balaban J connectivity index is 0.000000186. The normalized spacial score (nSPS) is 11.2. The van der Waals surface area contributed by atoms with E-state index in [1.54, 1.807) is 47.6 Å². The number of amides is 2. The maximum absolute atomic E-state index is 12.4. The van der Waals surface area contributed by atoms with Crippen molar-refractivity contribution in [1.29, 1.82) is 0 Å². The molecule has 2 aromatic carbocycles. The Morgan fingerprint density at radius 2 is 1.65 bits per heavy atom. The lowest BCUT2D eigenvalue weighted by atomic mass is 10.2. The van der Waals surface area contributed by atoms with Crippen molar-refractivity contribution < 1.29 is 14.0 Å². The summed E-state index contributed by atoms with van der Waals surface area (Å²) in [4.78, 5) is 25.4. The lowest BCUT2D eigenvalue weighted by Crippen LogP contribution is -2.12. The van der Waals surface area contributed by atoms with E-state index in [9.17, 15) is 14.0 Å². The van der Waals surface area contributed by atoms with E-state index in [0.717, 1.165) is 24.4 Å². The average Bonchev–Trinajstić information content (AvgIpc) is 3.47. The minimum Gasteiger partial charge on any atom is -0.366 e. The van der Waals surface area contributed by atoms with Crippen LogP contribution in [-0.4, -0.2) is 34.4 Å². The molecule has 1 aliphatic heterocycles. The molecular weight excluding hydrogens is 444 g/mol. The molecule has 1 aliphatic rings. The van der Waals surface area contributed by atoms with Gasteiger partial charge >= 0.3 is 0 Å². The maximum Gasteiger partial charge on any atom is 0.250 e. The molecule has 1 aromatic heterocycles.